The largest absolute Gasteiger partial charge is 0.513 e. The summed E-state index contributed by atoms with van der Waals surface area (Å²) in [7, 11) is 4.90. The molecule has 0 bridgehead atoms. The van der Waals surface area contributed by atoms with Gasteiger partial charge in [-0.2, -0.15) is 108 Å². The first-order valence-corrected chi connectivity index (χ1v) is 18.8. The third-order valence-corrected chi connectivity index (χ3v) is 9.40. The number of fused-ring (bicyclic) bond motifs is 2. The molecule has 369 valence electrons. The minimum absolute atomic E-state index is 0. The molecule has 0 spiro atoms. The number of aromatic nitrogens is 3. The molecule has 10 nitrogen and oxygen atoms in total. The molecule has 6 aromatic rings. The van der Waals surface area contributed by atoms with E-state index in [1.165, 1.54) is 30.7 Å². The van der Waals surface area contributed by atoms with Gasteiger partial charge in [-0.3, -0.25) is 0 Å². The van der Waals surface area contributed by atoms with Crippen LogP contribution in [0.15, 0.2) is 84.9 Å². The molecule has 8 rings (SSSR count). The van der Waals surface area contributed by atoms with Crippen LogP contribution >= 0.6 is 0 Å². The fraction of sp³-hybridized carbons (Fsp3) is 0.186. The van der Waals surface area contributed by atoms with Crippen molar-refractivity contribution in [1.82, 2.24) is 15.0 Å². The second-order valence-electron chi connectivity index (χ2n) is 14.5. The van der Waals surface area contributed by atoms with E-state index in [1.54, 1.807) is 19.0 Å². The third kappa shape index (κ3) is 12.0. The Balaban J connectivity index is 0.000000227. The van der Waals surface area contributed by atoms with Gasteiger partial charge in [-0.1, -0.05) is 16.7 Å². The monoisotopic (exact) mass is 1160 g/mol. The molecule has 0 saturated heterocycles. The fourth-order valence-corrected chi connectivity index (χ4v) is 6.12. The molecule has 3 aromatic heterocycles. The topological polar surface area (TPSA) is 82.1 Å². The van der Waals surface area contributed by atoms with Crippen molar-refractivity contribution in [1.29, 1.82) is 0 Å². The Bertz CT molecular complexity index is 2710. The van der Waals surface area contributed by atoms with Crippen molar-refractivity contribution in [2.45, 2.75) is 30.9 Å². The van der Waals surface area contributed by atoms with E-state index in [0.717, 1.165) is 71.1 Å². The molecule has 0 saturated carbocycles. The molecule has 5 heterocycles. The Morgan fingerprint density at radius 1 is 0.565 bits per heavy atom. The maximum absolute atomic E-state index is 13.8. The molecule has 1 N–H and O–H groups in total. The zero-order chi connectivity index (χ0) is 49.7. The summed E-state index contributed by atoms with van der Waals surface area (Å²) < 4.78 is 208. The van der Waals surface area contributed by atoms with Gasteiger partial charge in [-0.15, -0.1) is 53.8 Å². The summed E-state index contributed by atoms with van der Waals surface area (Å²) in [6, 6.07) is 20.7. The van der Waals surface area contributed by atoms with Crippen LogP contribution in [0.2, 0.25) is 0 Å². The average Bonchev–Trinajstić information content (AvgIpc) is 3.83. The quantitative estimate of drug-likeness (QED) is 0.123. The molecule has 3 aromatic carbocycles. The number of hydrogen-bond donors (Lipinski definition) is 1. The van der Waals surface area contributed by atoms with Crippen molar-refractivity contribution in [3.8, 4) is 23.3 Å². The van der Waals surface area contributed by atoms with E-state index in [2.05, 4.69) is 38.5 Å². The summed E-state index contributed by atoms with van der Waals surface area (Å²) in [6.07, 6.45) is -23.5. The zero-order valence-electron chi connectivity index (χ0n) is 34.7. The van der Waals surface area contributed by atoms with Gasteiger partial charge in [-0.05, 0) is 31.3 Å². The maximum atomic E-state index is 13.8. The van der Waals surface area contributed by atoms with Gasteiger partial charge >= 0.3 is 30.9 Å². The van der Waals surface area contributed by atoms with Crippen molar-refractivity contribution in [2.24, 2.45) is 0 Å². The SMILES string of the molecule is CN(C)c1cc(Oc2[c-]cc(C(F)(F)F)cc2)nc(Oc2[c-]cc(C(F)(F)F)cc2)c1.CN1[CH-]N(c2[c-]c(N3[CH-]Nc4ccc(C(F)(F)F)nc43)cc(C(F)(F)F)c2)c2nc(C(F)(F)F)ccc21.[Ir]. The van der Waals surface area contributed by atoms with Crippen LogP contribution in [-0.4, -0.2) is 36.1 Å². The summed E-state index contributed by atoms with van der Waals surface area (Å²) in [4.78, 5) is 16.2. The molecule has 1 radical (unpaired) electrons. The standard InChI is InChI=1S/C22H12F9N6.C21H14F6N2O2.Ir/c1-35-10-37(19-15(35)3-5-17(34-19)22(29,30)31)13-7-11(20(23,24)25)6-12(8-13)36-9-32-14-2-4-16(21(26,27)28)33-18(14)36;1-29(2)15-11-18(30-16-7-3-13(4-8-16)20(22,23)24)28-19(12-15)31-17-9-5-14(6-10-17)21(25,26)27;/h2-7,9-10,32H,1H3;3-7,9,11-12H,1-2H3;/q-3;-2;. The van der Waals surface area contributed by atoms with E-state index in [1.807, 2.05) is 0 Å². The van der Waals surface area contributed by atoms with Gasteiger partial charge in [0.2, 0.25) is 11.8 Å². The number of ether oxygens (including phenoxy) is 2. The van der Waals surface area contributed by atoms with Crippen LogP contribution in [0, 0.1) is 31.5 Å². The summed E-state index contributed by atoms with van der Waals surface area (Å²) in [5.74, 6) is -0.683. The van der Waals surface area contributed by atoms with E-state index in [4.69, 9.17) is 9.47 Å². The van der Waals surface area contributed by atoms with Gasteiger partial charge in [0.05, 0.1) is 0 Å². The molecule has 69 heavy (non-hydrogen) atoms. The molecule has 0 fully saturated rings. The van der Waals surface area contributed by atoms with Crippen molar-refractivity contribution >= 4 is 40.1 Å². The Hall–Kier alpha value is -6.69. The van der Waals surface area contributed by atoms with Gasteiger partial charge in [-0.25, -0.2) is 9.97 Å². The predicted octanol–water partition coefficient (Wildman–Crippen LogP) is 13.1. The van der Waals surface area contributed by atoms with E-state index in [9.17, 15) is 65.9 Å². The van der Waals surface area contributed by atoms with Crippen LogP contribution in [0.1, 0.15) is 28.1 Å². The summed E-state index contributed by atoms with van der Waals surface area (Å²) in [6.45, 7) is 2.31. The molecule has 0 atom stereocenters. The number of nitrogens with zero attached hydrogens (tertiary/aromatic N) is 7. The Kier molecular flexibility index (Phi) is 14.2. The van der Waals surface area contributed by atoms with Gasteiger partial charge in [0.15, 0.2) is 0 Å². The Labute approximate surface area is 394 Å². The normalized spacial score (nSPS) is 13.7. The minimum atomic E-state index is -4.91. The first-order valence-electron chi connectivity index (χ1n) is 18.8. The van der Waals surface area contributed by atoms with Gasteiger partial charge in [0.1, 0.15) is 23.0 Å². The second-order valence-corrected chi connectivity index (χ2v) is 14.5. The number of anilines is 7. The smallest absolute Gasteiger partial charge is 0.433 e. The molecule has 0 amide bonds. The summed E-state index contributed by atoms with van der Waals surface area (Å²) in [5, 5.41) is 2.62. The van der Waals surface area contributed by atoms with E-state index >= 15 is 0 Å². The van der Waals surface area contributed by atoms with Gasteiger partial charge in [0.25, 0.3) is 0 Å². The van der Waals surface area contributed by atoms with E-state index < -0.39 is 59.0 Å². The number of nitrogens with one attached hydrogen (secondary N) is 1. The number of rotatable bonds is 7. The van der Waals surface area contributed by atoms with Crippen molar-refractivity contribution in [3.05, 3.63) is 145 Å². The Morgan fingerprint density at radius 3 is 1.49 bits per heavy atom. The molecular formula is C43H26F15IrN8O2-5. The third-order valence-electron chi connectivity index (χ3n) is 9.40. The second kappa shape index (κ2) is 19.0. The summed E-state index contributed by atoms with van der Waals surface area (Å²) in [5.41, 5.74) is -5.38. The van der Waals surface area contributed by atoms with Gasteiger partial charge < -0.3 is 34.4 Å². The van der Waals surface area contributed by atoms with Crippen LogP contribution in [-0.2, 0) is 51.0 Å². The van der Waals surface area contributed by atoms with Crippen LogP contribution in [0.3, 0.4) is 0 Å². The number of halogens is 15. The van der Waals surface area contributed by atoms with Crippen molar-refractivity contribution in [2.75, 3.05) is 46.1 Å². The summed E-state index contributed by atoms with van der Waals surface area (Å²) >= 11 is 0. The van der Waals surface area contributed by atoms with Crippen LogP contribution in [0.4, 0.5) is 106 Å². The number of alkyl halides is 15. The fourth-order valence-electron chi connectivity index (χ4n) is 6.12. The van der Waals surface area contributed by atoms with Gasteiger partial charge in [0, 0.05) is 74.9 Å². The first-order chi connectivity index (χ1) is 31.5. The molecule has 0 aliphatic carbocycles. The van der Waals surface area contributed by atoms with Crippen molar-refractivity contribution < 1.29 is 95.4 Å². The van der Waals surface area contributed by atoms with E-state index in [-0.39, 0.29) is 77.7 Å². The molecule has 26 heteroatoms. The number of pyridine rings is 3. The Morgan fingerprint density at radius 2 is 1.04 bits per heavy atom. The number of hydrogen-bond acceptors (Lipinski definition) is 10. The average molecular weight is 1160 g/mol. The van der Waals surface area contributed by atoms with Crippen LogP contribution < -0.4 is 34.4 Å². The minimum Gasteiger partial charge on any atom is -0.513 e. The predicted molar refractivity (Wildman–Crippen MR) is 213 cm³/mol. The number of benzene rings is 3. The van der Waals surface area contributed by atoms with Crippen LogP contribution in [0.5, 0.6) is 23.3 Å². The van der Waals surface area contributed by atoms with Crippen LogP contribution in [0.25, 0.3) is 0 Å². The van der Waals surface area contributed by atoms with E-state index in [0.29, 0.717) is 23.9 Å². The maximum Gasteiger partial charge on any atom is 0.433 e. The molecule has 2 aliphatic heterocycles. The molecule has 0 unspecified atom stereocenters. The zero-order valence-corrected chi connectivity index (χ0v) is 37.1. The first kappa shape index (κ1) is 51.7. The van der Waals surface area contributed by atoms with Crippen molar-refractivity contribution in [3.63, 3.8) is 0 Å². The molecular weight excluding hydrogens is 1140 g/mol. The molecule has 2 aliphatic rings.